The summed E-state index contributed by atoms with van der Waals surface area (Å²) in [6, 6.07) is 12.3. The third kappa shape index (κ3) is 8.24. The molecular weight excluding hydrogens is 459 g/mol. The maximum Gasteiger partial charge on any atom is 0.261 e. The predicted octanol–water partition coefficient (Wildman–Crippen LogP) is 6.22. The van der Waals surface area contributed by atoms with Crippen molar-refractivity contribution in [3.8, 4) is 5.75 Å². The Balaban J connectivity index is 2.18. The monoisotopic (exact) mass is 492 g/mol. The van der Waals surface area contributed by atoms with Gasteiger partial charge < -0.3 is 15.0 Å². The molecule has 0 bridgehead atoms. The molecule has 0 aromatic heterocycles. The largest absolute Gasteiger partial charge is 0.484 e. The molecule has 0 aliphatic carbocycles. The maximum atomic E-state index is 13.2. The van der Waals surface area contributed by atoms with E-state index in [1.54, 1.807) is 17.0 Å². The van der Waals surface area contributed by atoms with Crippen molar-refractivity contribution in [3.63, 3.8) is 0 Å². The average Bonchev–Trinajstić information content (AvgIpc) is 2.80. The lowest BCUT2D eigenvalue weighted by atomic mass is 10.0. The highest BCUT2D eigenvalue weighted by atomic mass is 35.5. The van der Waals surface area contributed by atoms with E-state index in [2.05, 4.69) is 26.1 Å². The summed E-state index contributed by atoms with van der Waals surface area (Å²) < 4.78 is 5.77. The van der Waals surface area contributed by atoms with Crippen molar-refractivity contribution in [1.29, 1.82) is 0 Å². The van der Waals surface area contributed by atoms with Gasteiger partial charge in [0.2, 0.25) is 5.91 Å². The van der Waals surface area contributed by atoms with E-state index in [9.17, 15) is 9.59 Å². The summed E-state index contributed by atoms with van der Waals surface area (Å²) >= 11 is 12.2. The average molecular weight is 493 g/mol. The smallest absolute Gasteiger partial charge is 0.261 e. The van der Waals surface area contributed by atoms with Crippen molar-refractivity contribution >= 4 is 35.0 Å². The van der Waals surface area contributed by atoms with Gasteiger partial charge >= 0.3 is 0 Å². The fourth-order valence-electron chi connectivity index (χ4n) is 3.44. The maximum absolute atomic E-state index is 13.2. The van der Waals surface area contributed by atoms with Crippen molar-refractivity contribution in [3.05, 3.63) is 63.6 Å². The molecule has 180 valence electrons. The summed E-state index contributed by atoms with van der Waals surface area (Å²) in [6.07, 6.45) is 2.35. The topological polar surface area (TPSA) is 58.6 Å². The van der Waals surface area contributed by atoms with Crippen LogP contribution in [0, 0.1) is 0 Å². The minimum atomic E-state index is -0.615. The van der Waals surface area contributed by atoms with Crippen LogP contribution in [-0.2, 0) is 16.1 Å². The van der Waals surface area contributed by atoms with Crippen LogP contribution in [0.4, 0.5) is 0 Å². The first-order valence-corrected chi connectivity index (χ1v) is 12.3. The molecule has 0 saturated carbocycles. The van der Waals surface area contributed by atoms with Crippen molar-refractivity contribution in [2.24, 2.45) is 0 Å². The predicted molar refractivity (Wildman–Crippen MR) is 135 cm³/mol. The van der Waals surface area contributed by atoms with Crippen LogP contribution in [-0.4, -0.2) is 35.9 Å². The highest BCUT2D eigenvalue weighted by Crippen LogP contribution is 2.24. The molecule has 5 nitrogen and oxygen atoms in total. The third-order valence-corrected chi connectivity index (χ3v) is 6.20. The van der Waals surface area contributed by atoms with Crippen LogP contribution in [0.25, 0.3) is 0 Å². The zero-order valence-corrected chi connectivity index (χ0v) is 21.4. The number of hydrogen-bond acceptors (Lipinski definition) is 3. The van der Waals surface area contributed by atoms with Gasteiger partial charge in [0.15, 0.2) is 6.61 Å². The van der Waals surface area contributed by atoms with Crippen LogP contribution in [0.3, 0.4) is 0 Å². The number of unbranched alkanes of at least 4 members (excludes halogenated alkanes) is 1. The molecule has 1 N–H and O–H groups in total. The second-order valence-electron chi connectivity index (χ2n) is 8.35. The second-order valence-corrected chi connectivity index (χ2v) is 9.17. The number of carbonyl (C=O) groups is 2. The first-order valence-electron chi connectivity index (χ1n) is 11.5. The van der Waals surface area contributed by atoms with Gasteiger partial charge in [0.25, 0.3) is 5.91 Å². The van der Waals surface area contributed by atoms with Gasteiger partial charge in [0.1, 0.15) is 11.8 Å². The van der Waals surface area contributed by atoms with Gasteiger partial charge in [-0.05, 0) is 54.2 Å². The van der Waals surface area contributed by atoms with Crippen LogP contribution in [0.2, 0.25) is 10.0 Å². The Morgan fingerprint density at radius 3 is 2.30 bits per heavy atom. The fourth-order valence-corrected chi connectivity index (χ4v) is 3.76. The zero-order valence-electron chi connectivity index (χ0n) is 19.9. The first-order chi connectivity index (χ1) is 15.8. The summed E-state index contributed by atoms with van der Waals surface area (Å²) in [7, 11) is 0. The summed E-state index contributed by atoms with van der Waals surface area (Å²) in [5, 5.41) is 3.79. The van der Waals surface area contributed by atoms with Crippen molar-refractivity contribution < 1.29 is 14.3 Å². The number of halogens is 2. The Bertz CT molecular complexity index is 916. The van der Waals surface area contributed by atoms with Crippen LogP contribution < -0.4 is 10.1 Å². The highest BCUT2D eigenvalue weighted by Gasteiger charge is 2.29. The molecule has 0 fully saturated rings. The number of hydrogen-bond donors (Lipinski definition) is 1. The Hall–Kier alpha value is -2.24. The lowest BCUT2D eigenvalue weighted by molar-refractivity contribution is -0.143. The van der Waals surface area contributed by atoms with Gasteiger partial charge in [0.05, 0.1) is 10.0 Å². The van der Waals surface area contributed by atoms with E-state index >= 15 is 0 Å². The van der Waals surface area contributed by atoms with Crippen molar-refractivity contribution in [2.45, 2.75) is 65.5 Å². The van der Waals surface area contributed by atoms with Crippen LogP contribution in [0.1, 0.15) is 64.0 Å². The van der Waals surface area contributed by atoms with Gasteiger partial charge in [-0.2, -0.15) is 0 Å². The molecule has 33 heavy (non-hydrogen) atoms. The molecule has 7 heteroatoms. The summed E-state index contributed by atoms with van der Waals surface area (Å²) in [5.74, 6) is 0.591. The van der Waals surface area contributed by atoms with Crippen molar-refractivity contribution in [1.82, 2.24) is 10.2 Å². The molecule has 0 unspecified atom stereocenters. The van der Waals surface area contributed by atoms with E-state index in [0.717, 1.165) is 18.4 Å². The van der Waals surface area contributed by atoms with E-state index in [1.165, 1.54) is 5.56 Å². The standard InChI is InChI=1S/C26H34Cl2N2O3/c1-5-7-14-29-26(32)24(6-2)30(16-19-8-13-22(27)23(28)15-19)25(31)17-33-21-11-9-20(10-12-21)18(3)4/h8-13,15,18,24H,5-7,14,16-17H2,1-4H3,(H,29,32)/t24-/m0/s1. The fraction of sp³-hybridized carbons (Fsp3) is 0.462. The summed E-state index contributed by atoms with van der Waals surface area (Å²) in [6.45, 7) is 8.85. The molecule has 0 aliphatic rings. The van der Waals surface area contributed by atoms with Gasteiger partial charge in [0, 0.05) is 13.1 Å². The molecule has 2 amide bonds. The number of nitrogens with zero attached hydrogens (tertiary/aromatic N) is 1. The third-order valence-electron chi connectivity index (χ3n) is 5.46. The minimum absolute atomic E-state index is 0.166. The Morgan fingerprint density at radius 1 is 1.03 bits per heavy atom. The highest BCUT2D eigenvalue weighted by molar-refractivity contribution is 6.42. The van der Waals surface area contributed by atoms with Gasteiger partial charge in [-0.3, -0.25) is 9.59 Å². The Kier molecular flexibility index (Phi) is 11.0. The lowest BCUT2D eigenvalue weighted by Crippen LogP contribution is -2.50. The molecule has 1 atom stereocenters. The molecule has 2 rings (SSSR count). The molecule has 2 aromatic rings. The van der Waals surface area contributed by atoms with E-state index in [4.69, 9.17) is 27.9 Å². The number of benzene rings is 2. The number of carbonyl (C=O) groups excluding carboxylic acids is 2. The molecule has 0 saturated heterocycles. The summed E-state index contributed by atoms with van der Waals surface area (Å²) in [4.78, 5) is 27.7. The first kappa shape index (κ1) is 27.0. The molecule has 0 radical (unpaired) electrons. The van der Waals surface area contributed by atoms with E-state index in [0.29, 0.717) is 34.7 Å². The van der Waals surface area contributed by atoms with Crippen molar-refractivity contribution in [2.75, 3.05) is 13.2 Å². The molecular formula is C26H34Cl2N2O3. The van der Waals surface area contributed by atoms with Crippen LogP contribution in [0.15, 0.2) is 42.5 Å². The molecule has 0 heterocycles. The van der Waals surface area contributed by atoms with Gasteiger partial charge in [-0.1, -0.05) is 75.5 Å². The van der Waals surface area contributed by atoms with E-state index < -0.39 is 6.04 Å². The van der Waals surface area contributed by atoms with E-state index in [-0.39, 0.29) is 25.0 Å². The second kappa shape index (κ2) is 13.5. The SMILES string of the molecule is CCCCNC(=O)[C@H](CC)N(Cc1ccc(Cl)c(Cl)c1)C(=O)COc1ccc(C(C)C)cc1. The number of ether oxygens (including phenoxy) is 1. The molecule has 0 aliphatic heterocycles. The normalized spacial score (nSPS) is 11.8. The Labute approximate surface area is 207 Å². The zero-order chi connectivity index (χ0) is 24.4. The molecule has 0 spiro atoms. The van der Waals surface area contributed by atoms with Gasteiger partial charge in [-0.15, -0.1) is 0 Å². The van der Waals surface area contributed by atoms with Crippen LogP contribution >= 0.6 is 23.2 Å². The van der Waals surface area contributed by atoms with Gasteiger partial charge in [-0.25, -0.2) is 0 Å². The Morgan fingerprint density at radius 2 is 1.73 bits per heavy atom. The molecule has 2 aromatic carbocycles. The number of rotatable bonds is 12. The van der Waals surface area contributed by atoms with E-state index in [1.807, 2.05) is 37.3 Å². The van der Waals surface area contributed by atoms with Crippen LogP contribution in [0.5, 0.6) is 5.75 Å². The number of nitrogens with one attached hydrogen (secondary N) is 1. The number of amides is 2. The summed E-state index contributed by atoms with van der Waals surface area (Å²) in [5.41, 5.74) is 1.99. The minimum Gasteiger partial charge on any atom is -0.484 e. The quantitative estimate of drug-likeness (QED) is 0.357. The lowest BCUT2D eigenvalue weighted by Gasteiger charge is -2.30.